The van der Waals surface area contributed by atoms with Gasteiger partial charge in [0.05, 0.1) is 12.5 Å². The summed E-state index contributed by atoms with van der Waals surface area (Å²) in [6.07, 6.45) is 2.49. The van der Waals surface area contributed by atoms with E-state index in [0.717, 1.165) is 22.9 Å². The van der Waals surface area contributed by atoms with Gasteiger partial charge in [-0.25, -0.2) is 0 Å². The van der Waals surface area contributed by atoms with Gasteiger partial charge in [-0.1, -0.05) is 52.3 Å². The summed E-state index contributed by atoms with van der Waals surface area (Å²) in [7, 11) is 0. The highest BCUT2D eigenvalue weighted by atomic mass is 79.9. The quantitative estimate of drug-likeness (QED) is 0.826. The van der Waals surface area contributed by atoms with Gasteiger partial charge in [0.1, 0.15) is 0 Å². The summed E-state index contributed by atoms with van der Waals surface area (Å²) in [5.74, 6) is 0. The van der Waals surface area contributed by atoms with Gasteiger partial charge in [0.25, 0.3) is 0 Å². The lowest BCUT2D eigenvalue weighted by Gasteiger charge is -2.06. The standard InChI is InChI=1S/C16H14BrN/c17-16-9-6-13(7-10-16)5-8-14-3-1-2-4-15(14)11-12-18/h1-4,6-7,9-10H,5,8,11H2. The Labute approximate surface area is 116 Å². The van der Waals surface area contributed by atoms with Crippen molar-refractivity contribution in [3.8, 4) is 6.07 Å². The van der Waals surface area contributed by atoms with E-state index < -0.39 is 0 Å². The van der Waals surface area contributed by atoms with E-state index in [2.05, 4.69) is 52.3 Å². The molecule has 0 aliphatic heterocycles. The molecule has 0 aromatic heterocycles. The third-order valence-corrected chi connectivity index (χ3v) is 3.51. The van der Waals surface area contributed by atoms with Gasteiger partial charge < -0.3 is 0 Å². The smallest absolute Gasteiger partial charge is 0.0669 e. The van der Waals surface area contributed by atoms with E-state index in [1.165, 1.54) is 11.1 Å². The first kappa shape index (κ1) is 12.9. The van der Waals surface area contributed by atoms with Crippen LogP contribution in [0, 0.1) is 11.3 Å². The normalized spacial score (nSPS) is 10.0. The highest BCUT2D eigenvalue weighted by molar-refractivity contribution is 9.10. The zero-order chi connectivity index (χ0) is 12.8. The molecule has 2 aromatic rings. The highest BCUT2D eigenvalue weighted by Gasteiger charge is 2.02. The van der Waals surface area contributed by atoms with Gasteiger partial charge in [-0.05, 0) is 41.7 Å². The van der Waals surface area contributed by atoms with E-state index in [-0.39, 0.29) is 0 Å². The Bertz CT molecular complexity index is 552. The van der Waals surface area contributed by atoms with Crippen molar-refractivity contribution in [2.45, 2.75) is 19.3 Å². The molecule has 2 rings (SSSR count). The molecule has 90 valence electrons. The number of hydrogen-bond acceptors (Lipinski definition) is 1. The van der Waals surface area contributed by atoms with Crippen molar-refractivity contribution in [3.05, 3.63) is 69.7 Å². The van der Waals surface area contributed by atoms with Gasteiger partial charge in [0.2, 0.25) is 0 Å². The average Bonchev–Trinajstić information content (AvgIpc) is 2.40. The van der Waals surface area contributed by atoms with Crippen LogP contribution in [0.15, 0.2) is 53.0 Å². The second-order valence-electron chi connectivity index (χ2n) is 4.23. The molecule has 0 spiro atoms. The van der Waals surface area contributed by atoms with E-state index in [4.69, 9.17) is 5.26 Å². The minimum atomic E-state index is 0.497. The second-order valence-corrected chi connectivity index (χ2v) is 5.15. The summed E-state index contributed by atoms with van der Waals surface area (Å²) >= 11 is 3.44. The topological polar surface area (TPSA) is 23.8 Å². The van der Waals surface area contributed by atoms with E-state index >= 15 is 0 Å². The second kappa shape index (κ2) is 6.37. The molecule has 0 fully saturated rings. The van der Waals surface area contributed by atoms with Gasteiger partial charge in [0.15, 0.2) is 0 Å². The summed E-state index contributed by atoms with van der Waals surface area (Å²) in [6.45, 7) is 0. The maximum absolute atomic E-state index is 8.80. The number of benzene rings is 2. The summed E-state index contributed by atoms with van der Waals surface area (Å²) in [4.78, 5) is 0. The Morgan fingerprint density at radius 3 is 2.22 bits per heavy atom. The minimum absolute atomic E-state index is 0.497. The SMILES string of the molecule is N#CCc1ccccc1CCc1ccc(Br)cc1. The number of halogens is 1. The summed E-state index contributed by atoms with van der Waals surface area (Å²) < 4.78 is 1.11. The fourth-order valence-electron chi connectivity index (χ4n) is 1.99. The Morgan fingerprint density at radius 2 is 1.56 bits per heavy atom. The van der Waals surface area contributed by atoms with Crippen molar-refractivity contribution in [1.29, 1.82) is 5.26 Å². The van der Waals surface area contributed by atoms with Crippen LogP contribution in [0.2, 0.25) is 0 Å². The third kappa shape index (κ3) is 3.45. The number of hydrogen-bond donors (Lipinski definition) is 0. The molecule has 0 aliphatic rings. The lowest BCUT2D eigenvalue weighted by Crippen LogP contribution is -1.96. The van der Waals surface area contributed by atoms with Crippen LogP contribution in [0.5, 0.6) is 0 Å². The molecular formula is C16H14BrN. The Kier molecular flexibility index (Phi) is 4.55. The van der Waals surface area contributed by atoms with Crippen molar-refractivity contribution in [2.24, 2.45) is 0 Å². The Morgan fingerprint density at radius 1 is 0.889 bits per heavy atom. The molecule has 18 heavy (non-hydrogen) atoms. The zero-order valence-electron chi connectivity index (χ0n) is 10.1. The van der Waals surface area contributed by atoms with E-state index in [1.807, 2.05) is 18.2 Å². The highest BCUT2D eigenvalue weighted by Crippen LogP contribution is 2.15. The van der Waals surface area contributed by atoms with Crippen LogP contribution < -0.4 is 0 Å². The van der Waals surface area contributed by atoms with Crippen molar-refractivity contribution in [2.75, 3.05) is 0 Å². The number of nitriles is 1. The van der Waals surface area contributed by atoms with Crippen LogP contribution in [-0.2, 0) is 19.3 Å². The Balaban J connectivity index is 2.06. The largest absolute Gasteiger partial charge is 0.198 e. The van der Waals surface area contributed by atoms with Crippen LogP contribution >= 0.6 is 15.9 Å². The maximum atomic E-state index is 8.80. The number of nitrogens with zero attached hydrogens (tertiary/aromatic N) is 1. The fraction of sp³-hybridized carbons (Fsp3) is 0.188. The van der Waals surface area contributed by atoms with Gasteiger partial charge in [-0.2, -0.15) is 5.26 Å². The van der Waals surface area contributed by atoms with E-state index in [0.29, 0.717) is 6.42 Å². The molecule has 0 bridgehead atoms. The maximum Gasteiger partial charge on any atom is 0.0669 e. The molecule has 0 N–H and O–H groups in total. The molecule has 0 aliphatic carbocycles. The van der Waals surface area contributed by atoms with Crippen LogP contribution in [0.3, 0.4) is 0 Å². The third-order valence-electron chi connectivity index (χ3n) is 2.98. The monoisotopic (exact) mass is 299 g/mol. The lowest BCUT2D eigenvalue weighted by molar-refractivity contribution is 0.941. The predicted octanol–water partition coefficient (Wildman–Crippen LogP) is 4.30. The molecule has 0 saturated carbocycles. The van der Waals surface area contributed by atoms with Gasteiger partial charge in [-0.3, -0.25) is 0 Å². The molecular weight excluding hydrogens is 286 g/mol. The Hall–Kier alpha value is -1.59. The number of aryl methyl sites for hydroxylation is 2. The van der Waals surface area contributed by atoms with Crippen molar-refractivity contribution < 1.29 is 0 Å². The van der Waals surface area contributed by atoms with Gasteiger partial charge in [0, 0.05) is 4.47 Å². The molecule has 0 unspecified atom stereocenters. The number of rotatable bonds is 4. The molecule has 2 aromatic carbocycles. The molecule has 1 nitrogen and oxygen atoms in total. The lowest BCUT2D eigenvalue weighted by atomic mass is 9.98. The molecule has 0 saturated heterocycles. The first-order chi connectivity index (χ1) is 8.79. The molecule has 2 heteroatoms. The van der Waals surface area contributed by atoms with E-state index in [1.54, 1.807) is 0 Å². The van der Waals surface area contributed by atoms with Crippen LogP contribution in [-0.4, -0.2) is 0 Å². The van der Waals surface area contributed by atoms with Crippen molar-refractivity contribution in [1.82, 2.24) is 0 Å². The molecule has 0 heterocycles. The van der Waals surface area contributed by atoms with Crippen LogP contribution in [0.25, 0.3) is 0 Å². The first-order valence-electron chi connectivity index (χ1n) is 5.98. The minimum Gasteiger partial charge on any atom is -0.198 e. The molecule has 0 atom stereocenters. The predicted molar refractivity (Wildman–Crippen MR) is 77.3 cm³/mol. The van der Waals surface area contributed by atoms with Gasteiger partial charge >= 0.3 is 0 Å². The summed E-state index contributed by atoms with van der Waals surface area (Å²) in [6, 6.07) is 18.8. The summed E-state index contributed by atoms with van der Waals surface area (Å²) in [5, 5.41) is 8.80. The fourth-order valence-corrected chi connectivity index (χ4v) is 2.25. The van der Waals surface area contributed by atoms with Crippen LogP contribution in [0.1, 0.15) is 16.7 Å². The first-order valence-corrected chi connectivity index (χ1v) is 6.77. The molecule has 0 radical (unpaired) electrons. The van der Waals surface area contributed by atoms with Crippen LogP contribution in [0.4, 0.5) is 0 Å². The zero-order valence-corrected chi connectivity index (χ0v) is 11.7. The molecule has 0 amide bonds. The van der Waals surface area contributed by atoms with Gasteiger partial charge in [-0.15, -0.1) is 0 Å². The summed E-state index contributed by atoms with van der Waals surface area (Å²) in [5.41, 5.74) is 3.75. The van der Waals surface area contributed by atoms with E-state index in [9.17, 15) is 0 Å². The van der Waals surface area contributed by atoms with Crippen molar-refractivity contribution in [3.63, 3.8) is 0 Å². The van der Waals surface area contributed by atoms with Crippen molar-refractivity contribution >= 4 is 15.9 Å². The average molecular weight is 300 g/mol.